The van der Waals surface area contributed by atoms with Crippen molar-refractivity contribution in [3.63, 3.8) is 0 Å². The highest BCUT2D eigenvalue weighted by Crippen LogP contribution is 2.12. The standard InChI is InChI=1S/C15H11N3O4S/c16-23(21,22)10-7-5-9(6-8-10)17-18-13-14(19)11-3-1-2-4-12(11)15(13)20/h1-8,17H,(H2,16,21,22). The van der Waals surface area contributed by atoms with Crippen LogP contribution >= 0.6 is 0 Å². The summed E-state index contributed by atoms with van der Waals surface area (Å²) in [6.45, 7) is 0. The van der Waals surface area contributed by atoms with E-state index < -0.39 is 20.9 Å². The van der Waals surface area contributed by atoms with Crippen LogP contribution in [0.25, 0.3) is 10.8 Å². The van der Waals surface area contributed by atoms with Gasteiger partial charge in [-0.05, 0) is 24.3 Å². The van der Waals surface area contributed by atoms with Gasteiger partial charge in [0, 0.05) is 10.8 Å². The van der Waals surface area contributed by atoms with Crippen LogP contribution in [-0.2, 0) is 10.0 Å². The van der Waals surface area contributed by atoms with E-state index in [4.69, 9.17) is 5.14 Å². The van der Waals surface area contributed by atoms with Crippen LogP contribution in [0.2, 0.25) is 0 Å². The Morgan fingerprint density at radius 1 is 0.870 bits per heavy atom. The molecule has 8 heteroatoms. The first-order chi connectivity index (χ1) is 10.9. The van der Waals surface area contributed by atoms with Crippen LogP contribution < -0.4 is 26.8 Å². The lowest BCUT2D eigenvalue weighted by Crippen LogP contribution is -2.32. The van der Waals surface area contributed by atoms with E-state index >= 15 is 0 Å². The summed E-state index contributed by atoms with van der Waals surface area (Å²) in [5.74, 6) is 0. The van der Waals surface area contributed by atoms with Gasteiger partial charge in [-0.1, -0.05) is 24.3 Å². The van der Waals surface area contributed by atoms with E-state index in [9.17, 15) is 18.0 Å². The summed E-state index contributed by atoms with van der Waals surface area (Å²) in [6.07, 6.45) is 0. The highest BCUT2D eigenvalue weighted by molar-refractivity contribution is 7.89. The van der Waals surface area contributed by atoms with Gasteiger partial charge in [-0.25, -0.2) is 13.6 Å². The van der Waals surface area contributed by atoms with Crippen LogP contribution in [0.4, 0.5) is 5.69 Å². The summed E-state index contributed by atoms with van der Waals surface area (Å²) in [7, 11) is -3.78. The number of hydrogen-bond donors (Lipinski definition) is 2. The number of anilines is 1. The highest BCUT2D eigenvalue weighted by atomic mass is 32.2. The van der Waals surface area contributed by atoms with Crippen LogP contribution in [0.1, 0.15) is 0 Å². The van der Waals surface area contributed by atoms with Crippen molar-refractivity contribution < 1.29 is 8.42 Å². The van der Waals surface area contributed by atoms with Gasteiger partial charge in [-0.3, -0.25) is 15.0 Å². The lowest BCUT2D eigenvalue weighted by atomic mass is 10.2. The second-order valence-corrected chi connectivity index (χ2v) is 6.41. The fourth-order valence-corrected chi connectivity index (χ4v) is 2.69. The second kappa shape index (κ2) is 5.41. The average molecular weight is 329 g/mol. The minimum Gasteiger partial charge on any atom is -0.287 e. The molecule has 23 heavy (non-hydrogen) atoms. The Balaban J connectivity index is 2.01. The molecule has 0 atom stereocenters. The van der Waals surface area contributed by atoms with Crippen molar-refractivity contribution >= 4 is 26.5 Å². The van der Waals surface area contributed by atoms with Crippen molar-refractivity contribution in [2.75, 3.05) is 5.43 Å². The highest BCUT2D eigenvalue weighted by Gasteiger charge is 2.10. The lowest BCUT2D eigenvalue weighted by molar-refractivity contribution is 0.598. The number of nitrogens with two attached hydrogens (primary N) is 1. The summed E-state index contributed by atoms with van der Waals surface area (Å²) >= 11 is 0. The van der Waals surface area contributed by atoms with Gasteiger partial charge in [0.2, 0.25) is 20.9 Å². The van der Waals surface area contributed by atoms with Gasteiger partial charge < -0.3 is 0 Å². The summed E-state index contributed by atoms with van der Waals surface area (Å²) in [6, 6.07) is 11.9. The lowest BCUT2D eigenvalue weighted by Gasteiger charge is -2.01. The van der Waals surface area contributed by atoms with Crippen molar-refractivity contribution in [2.24, 2.45) is 10.2 Å². The summed E-state index contributed by atoms with van der Waals surface area (Å²) in [4.78, 5) is 24.2. The van der Waals surface area contributed by atoms with Crippen molar-refractivity contribution in [1.82, 2.24) is 0 Å². The molecular weight excluding hydrogens is 318 g/mol. The number of rotatable bonds is 3. The monoisotopic (exact) mass is 329 g/mol. The third-order valence-electron chi connectivity index (χ3n) is 3.33. The first-order valence-electron chi connectivity index (χ1n) is 6.53. The fourth-order valence-electron chi connectivity index (χ4n) is 2.18. The van der Waals surface area contributed by atoms with Gasteiger partial charge in [-0.2, -0.15) is 5.10 Å². The van der Waals surface area contributed by atoms with Crippen LogP contribution in [0.15, 0.2) is 68.1 Å². The zero-order valence-electron chi connectivity index (χ0n) is 11.7. The molecule has 0 aliphatic rings. The molecule has 0 heterocycles. The molecule has 7 nitrogen and oxygen atoms in total. The maximum atomic E-state index is 12.1. The van der Waals surface area contributed by atoms with Crippen LogP contribution in [0.3, 0.4) is 0 Å². The first kappa shape index (κ1) is 15.1. The van der Waals surface area contributed by atoms with Crippen LogP contribution in [0, 0.1) is 0 Å². The number of fused-ring (bicyclic) bond motifs is 1. The predicted octanol–water partition coefficient (Wildman–Crippen LogP) is 0.0110. The molecule has 3 aromatic carbocycles. The molecule has 0 bridgehead atoms. The SMILES string of the molecule is NS(=O)(=O)c1ccc(NN=c2c(=O)c3ccccc3c2=O)cc1. The molecule has 3 N–H and O–H groups in total. The first-order valence-corrected chi connectivity index (χ1v) is 8.07. The fraction of sp³-hybridized carbons (Fsp3) is 0. The van der Waals surface area contributed by atoms with Gasteiger partial charge in [0.1, 0.15) is 0 Å². The van der Waals surface area contributed by atoms with Crippen molar-refractivity contribution in [3.8, 4) is 0 Å². The molecule has 0 aliphatic carbocycles. The molecule has 0 aromatic heterocycles. The Morgan fingerprint density at radius 3 is 1.87 bits per heavy atom. The molecule has 3 rings (SSSR count). The third-order valence-corrected chi connectivity index (χ3v) is 4.26. The van der Waals surface area contributed by atoms with Crippen LogP contribution in [0.5, 0.6) is 0 Å². The molecule has 0 saturated carbocycles. The Labute approximate surface area is 130 Å². The third kappa shape index (κ3) is 2.77. The summed E-state index contributed by atoms with van der Waals surface area (Å²) in [5.41, 5.74) is 2.10. The Hall–Kier alpha value is -2.84. The largest absolute Gasteiger partial charge is 0.287 e. The quantitative estimate of drug-likeness (QED) is 0.656. The Morgan fingerprint density at radius 2 is 1.39 bits per heavy atom. The molecule has 3 aromatic rings. The molecule has 0 amide bonds. The Bertz CT molecular complexity index is 1090. The average Bonchev–Trinajstić information content (AvgIpc) is 2.77. The molecular formula is C15H11N3O4S. The maximum Gasteiger partial charge on any atom is 0.238 e. The Kier molecular flexibility index (Phi) is 3.55. The van der Waals surface area contributed by atoms with Gasteiger partial charge in [-0.15, -0.1) is 0 Å². The number of nitrogens with zero attached hydrogens (tertiary/aromatic N) is 1. The minimum atomic E-state index is -3.78. The van der Waals surface area contributed by atoms with Gasteiger partial charge in [0.25, 0.3) is 0 Å². The molecule has 0 radical (unpaired) electrons. The van der Waals surface area contributed by atoms with E-state index in [0.29, 0.717) is 16.5 Å². The van der Waals surface area contributed by atoms with Crippen molar-refractivity contribution in [3.05, 3.63) is 74.3 Å². The molecule has 0 unspecified atom stereocenters. The van der Waals surface area contributed by atoms with E-state index in [2.05, 4.69) is 10.5 Å². The number of hydrogen-bond acceptors (Lipinski definition) is 6. The topological polar surface area (TPSA) is 119 Å². The molecule has 0 aliphatic heterocycles. The molecule has 0 saturated heterocycles. The van der Waals surface area contributed by atoms with E-state index in [1.807, 2.05) is 0 Å². The van der Waals surface area contributed by atoms with E-state index in [1.54, 1.807) is 24.3 Å². The molecule has 0 spiro atoms. The zero-order chi connectivity index (χ0) is 16.6. The van der Waals surface area contributed by atoms with E-state index in [1.165, 1.54) is 24.3 Å². The predicted molar refractivity (Wildman–Crippen MR) is 85.9 cm³/mol. The normalized spacial score (nSPS) is 11.5. The van der Waals surface area contributed by atoms with E-state index in [0.717, 1.165) is 0 Å². The van der Waals surface area contributed by atoms with Crippen LogP contribution in [-0.4, -0.2) is 8.42 Å². The number of nitrogens with one attached hydrogen (secondary N) is 1. The van der Waals surface area contributed by atoms with Gasteiger partial charge in [0.15, 0.2) is 5.36 Å². The van der Waals surface area contributed by atoms with Crippen molar-refractivity contribution in [2.45, 2.75) is 4.90 Å². The van der Waals surface area contributed by atoms with E-state index in [-0.39, 0.29) is 10.3 Å². The van der Waals surface area contributed by atoms with Gasteiger partial charge in [0.05, 0.1) is 10.6 Å². The summed E-state index contributed by atoms with van der Waals surface area (Å²) in [5, 5.41) is 9.29. The molecule has 116 valence electrons. The number of primary sulfonamides is 1. The minimum absolute atomic E-state index is 0.0453. The van der Waals surface area contributed by atoms with Crippen molar-refractivity contribution in [1.29, 1.82) is 0 Å². The summed E-state index contributed by atoms with van der Waals surface area (Å²) < 4.78 is 22.3. The smallest absolute Gasteiger partial charge is 0.238 e. The number of sulfonamides is 1. The van der Waals surface area contributed by atoms with Gasteiger partial charge >= 0.3 is 0 Å². The number of benzene rings is 2. The second-order valence-electron chi connectivity index (χ2n) is 4.85. The maximum absolute atomic E-state index is 12.1. The zero-order valence-corrected chi connectivity index (χ0v) is 12.5. The molecule has 0 fully saturated rings.